The van der Waals surface area contributed by atoms with Crippen LogP contribution in [0.3, 0.4) is 0 Å². The molecule has 2 N–H and O–H groups in total. The number of benzene rings is 1. The van der Waals surface area contributed by atoms with Crippen molar-refractivity contribution in [2.45, 2.75) is 45.6 Å². The van der Waals surface area contributed by atoms with Crippen LogP contribution in [0, 0.1) is 12.3 Å². The molecule has 0 saturated carbocycles. The van der Waals surface area contributed by atoms with E-state index in [-0.39, 0.29) is 31.9 Å². The number of carboxylic acid groups (broad SMARTS) is 1. The maximum atomic E-state index is 13.0. The number of carbonyl (C=O) groups excluding carboxylic acids is 1. The van der Waals surface area contributed by atoms with E-state index in [1.807, 2.05) is 25.1 Å². The van der Waals surface area contributed by atoms with Crippen molar-refractivity contribution in [2.75, 3.05) is 19.7 Å². The van der Waals surface area contributed by atoms with Crippen LogP contribution >= 0.6 is 0 Å². The first-order chi connectivity index (χ1) is 15.4. The number of likely N-dealkylation sites (tertiary alicyclic amines) is 1. The number of amides is 1. The lowest BCUT2D eigenvalue weighted by atomic mass is 9.82. The highest BCUT2D eigenvalue weighted by Gasteiger charge is 2.46. The number of unbranched alkanes of at least 4 members (excludes halogenated alkanes) is 1. The van der Waals surface area contributed by atoms with E-state index in [1.165, 1.54) is 0 Å². The van der Waals surface area contributed by atoms with Crippen LogP contribution in [0.25, 0.3) is 11.0 Å². The molecular formula is C23H28N4O5. The summed E-state index contributed by atoms with van der Waals surface area (Å²) in [6.07, 6.45) is 5.58. The van der Waals surface area contributed by atoms with Gasteiger partial charge in [0, 0.05) is 49.8 Å². The highest BCUT2D eigenvalue weighted by molar-refractivity contribution is 5.88. The third kappa shape index (κ3) is 4.52. The number of aromatic nitrogens is 3. The number of carbonyl (C=O) groups is 2. The Hall–Kier alpha value is -3.20. The Morgan fingerprint density at radius 1 is 1.28 bits per heavy atom. The van der Waals surface area contributed by atoms with Gasteiger partial charge in [-0.15, -0.1) is 5.10 Å². The zero-order valence-corrected chi connectivity index (χ0v) is 18.2. The summed E-state index contributed by atoms with van der Waals surface area (Å²) < 4.78 is 7.26. The minimum absolute atomic E-state index is 0.107. The molecule has 4 rings (SSSR count). The van der Waals surface area contributed by atoms with Crippen molar-refractivity contribution in [3.05, 3.63) is 47.5 Å². The number of fused-ring (bicyclic) bond motifs is 1. The predicted octanol–water partition coefficient (Wildman–Crippen LogP) is 2.19. The van der Waals surface area contributed by atoms with Crippen LogP contribution in [0.15, 0.2) is 35.1 Å². The summed E-state index contributed by atoms with van der Waals surface area (Å²) in [7, 11) is 0. The van der Waals surface area contributed by atoms with Gasteiger partial charge in [0.15, 0.2) is 0 Å². The van der Waals surface area contributed by atoms with Crippen LogP contribution in [-0.2, 0) is 29.0 Å². The Kier molecular flexibility index (Phi) is 6.27. The fraction of sp³-hybridized carbons (Fsp3) is 0.478. The molecule has 32 heavy (non-hydrogen) atoms. The Balaban J connectivity index is 1.43. The first-order valence-electron chi connectivity index (χ1n) is 10.9. The Morgan fingerprint density at radius 3 is 2.91 bits per heavy atom. The third-order valence-corrected chi connectivity index (χ3v) is 6.21. The van der Waals surface area contributed by atoms with Gasteiger partial charge in [-0.25, -0.2) is 0 Å². The number of carboxylic acids is 1. The van der Waals surface area contributed by atoms with Gasteiger partial charge in [0.05, 0.1) is 23.8 Å². The van der Waals surface area contributed by atoms with E-state index in [9.17, 15) is 14.7 Å². The first-order valence-corrected chi connectivity index (χ1v) is 10.9. The molecule has 0 radical (unpaired) electrons. The molecular weight excluding hydrogens is 412 g/mol. The minimum Gasteiger partial charge on any atom is -0.481 e. The molecule has 1 unspecified atom stereocenters. The summed E-state index contributed by atoms with van der Waals surface area (Å²) in [4.78, 5) is 26.8. The van der Waals surface area contributed by atoms with Crippen LogP contribution in [0.4, 0.5) is 0 Å². The van der Waals surface area contributed by atoms with E-state index in [4.69, 9.17) is 9.52 Å². The molecule has 9 heteroatoms. The maximum absolute atomic E-state index is 13.0. The minimum atomic E-state index is -1.07. The summed E-state index contributed by atoms with van der Waals surface area (Å²) in [5.41, 5.74) is 2.17. The molecule has 0 aliphatic carbocycles. The molecule has 9 nitrogen and oxygen atoms in total. The van der Waals surface area contributed by atoms with Crippen molar-refractivity contribution in [3.63, 3.8) is 0 Å². The van der Waals surface area contributed by atoms with Crippen molar-refractivity contribution in [1.82, 2.24) is 19.9 Å². The van der Waals surface area contributed by atoms with E-state index in [0.29, 0.717) is 31.6 Å². The van der Waals surface area contributed by atoms with E-state index < -0.39 is 11.4 Å². The SMILES string of the molecule is Cc1ccc2c(CC(=O)N3CCC(Cc4cn(CCCCO)nn4)(C(=O)O)C3)coc2c1. The Bertz CT molecular complexity index is 1120. The molecule has 2 aromatic heterocycles. The lowest BCUT2D eigenvalue weighted by molar-refractivity contribution is -0.148. The second-order valence-electron chi connectivity index (χ2n) is 8.67. The summed E-state index contributed by atoms with van der Waals surface area (Å²) in [5.74, 6) is -1.03. The fourth-order valence-electron chi connectivity index (χ4n) is 4.34. The molecule has 0 bridgehead atoms. The monoisotopic (exact) mass is 440 g/mol. The van der Waals surface area contributed by atoms with Gasteiger partial charge in [0.25, 0.3) is 0 Å². The highest BCUT2D eigenvalue weighted by Crippen LogP contribution is 2.35. The second kappa shape index (κ2) is 9.12. The number of aliphatic hydroxyl groups is 1. The van der Waals surface area contributed by atoms with Crippen LogP contribution in [0.2, 0.25) is 0 Å². The van der Waals surface area contributed by atoms with Crippen molar-refractivity contribution < 1.29 is 24.2 Å². The number of hydrogen-bond donors (Lipinski definition) is 2. The van der Waals surface area contributed by atoms with Crippen molar-refractivity contribution >= 4 is 22.8 Å². The molecule has 1 aliphatic rings. The number of aryl methyl sites for hydroxylation is 2. The molecule has 1 amide bonds. The number of nitrogens with zero attached hydrogens (tertiary/aromatic N) is 4. The summed E-state index contributed by atoms with van der Waals surface area (Å²) >= 11 is 0. The van der Waals surface area contributed by atoms with Gasteiger partial charge in [-0.3, -0.25) is 14.3 Å². The average Bonchev–Trinajstić information content (AvgIpc) is 3.48. The van der Waals surface area contributed by atoms with Gasteiger partial charge < -0.3 is 19.5 Å². The van der Waals surface area contributed by atoms with E-state index in [0.717, 1.165) is 28.5 Å². The molecule has 1 saturated heterocycles. The lowest BCUT2D eigenvalue weighted by Gasteiger charge is -2.23. The smallest absolute Gasteiger partial charge is 0.311 e. The van der Waals surface area contributed by atoms with Gasteiger partial charge >= 0.3 is 5.97 Å². The van der Waals surface area contributed by atoms with Crippen LogP contribution in [-0.4, -0.2) is 61.7 Å². The topological polar surface area (TPSA) is 122 Å². The van der Waals surface area contributed by atoms with Gasteiger partial charge in [-0.05, 0) is 37.8 Å². The molecule has 3 aromatic rings. The Morgan fingerprint density at radius 2 is 2.12 bits per heavy atom. The number of aliphatic hydroxyl groups excluding tert-OH is 1. The average molecular weight is 441 g/mol. The number of furan rings is 1. The fourth-order valence-corrected chi connectivity index (χ4v) is 4.34. The zero-order chi connectivity index (χ0) is 22.7. The number of hydrogen-bond acceptors (Lipinski definition) is 6. The molecule has 0 spiro atoms. The molecule has 1 atom stereocenters. The first kappa shape index (κ1) is 22.0. The number of aliphatic carboxylic acids is 1. The lowest BCUT2D eigenvalue weighted by Crippen LogP contribution is -2.39. The predicted molar refractivity (Wildman–Crippen MR) is 116 cm³/mol. The molecule has 1 aromatic carbocycles. The van der Waals surface area contributed by atoms with Gasteiger partial charge in [-0.2, -0.15) is 0 Å². The summed E-state index contributed by atoms with van der Waals surface area (Å²) in [6, 6.07) is 5.87. The third-order valence-electron chi connectivity index (χ3n) is 6.21. The van der Waals surface area contributed by atoms with Crippen molar-refractivity contribution in [3.8, 4) is 0 Å². The number of rotatable bonds is 9. The Labute approximate surface area is 185 Å². The van der Waals surface area contributed by atoms with E-state index >= 15 is 0 Å². The van der Waals surface area contributed by atoms with Crippen LogP contribution in [0.1, 0.15) is 36.1 Å². The quantitative estimate of drug-likeness (QED) is 0.489. The van der Waals surface area contributed by atoms with Crippen molar-refractivity contribution in [2.24, 2.45) is 5.41 Å². The largest absolute Gasteiger partial charge is 0.481 e. The summed E-state index contributed by atoms with van der Waals surface area (Å²) in [6.45, 7) is 3.27. The van der Waals surface area contributed by atoms with E-state index in [1.54, 1.807) is 22.0 Å². The van der Waals surface area contributed by atoms with Crippen LogP contribution < -0.4 is 0 Å². The summed E-state index contributed by atoms with van der Waals surface area (Å²) in [5, 5.41) is 28.0. The molecule has 1 fully saturated rings. The molecule has 3 heterocycles. The molecule has 170 valence electrons. The molecule has 1 aliphatic heterocycles. The second-order valence-corrected chi connectivity index (χ2v) is 8.67. The van der Waals surface area contributed by atoms with E-state index in [2.05, 4.69) is 10.3 Å². The van der Waals surface area contributed by atoms with Crippen LogP contribution in [0.5, 0.6) is 0 Å². The van der Waals surface area contributed by atoms with Gasteiger partial charge in [-0.1, -0.05) is 17.3 Å². The van der Waals surface area contributed by atoms with Gasteiger partial charge in [0.1, 0.15) is 5.58 Å². The standard InChI is InChI=1S/C23H28N4O5/c1-16-4-5-19-17(14-32-20(19)10-16)11-21(29)26-8-6-23(15-26,22(30)31)12-18-13-27(25-24-18)7-2-3-9-28/h4-5,10,13-14,28H,2-3,6-9,11-12,15H2,1H3,(H,30,31). The normalized spacial score (nSPS) is 18.5. The maximum Gasteiger partial charge on any atom is 0.311 e. The highest BCUT2D eigenvalue weighted by atomic mass is 16.4. The van der Waals surface area contributed by atoms with Crippen molar-refractivity contribution in [1.29, 1.82) is 0 Å². The van der Waals surface area contributed by atoms with Gasteiger partial charge in [0.2, 0.25) is 5.91 Å². The zero-order valence-electron chi connectivity index (χ0n) is 18.2.